The summed E-state index contributed by atoms with van der Waals surface area (Å²) in [6, 6.07) is 6.47. The Hall–Kier alpha value is -0.430. The summed E-state index contributed by atoms with van der Waals surface area (Å²) in [5, 5.41) is 7.83. The third-order valence-electron chi connectivity index (χ3n) is 2.11. The molecule has 0 fully saturated rings. The summed E-state index contributed by atoms with van der Waals surface area (Å²) in [6.45, 7) is 2.01. The van der Waals surface area contributed by atoms with E-state index >= 15 is 0 Å². The van der Waals surface area contributed by atoms with E-state index in [1.54, 1.807) is 28.6 Å². The van der Waals surface area contributed by atoms with Crippen LogP contribution in [0.5, 0.6) is 0 Å². The molecule has 0 amide bonds. The van der Waals surface area contributed by atoms with E-state index in [1.807, 2.05) is 6.92 Å². The van der Waals surface area contributed by atoms with E-state index in [0.29, 0.717) is 0 Å². The van der Waals surface area contributed by atoms with Crippen molar-refractivity contribution in [2.75, 3.05) is 0 Å². The lowest BCUT2D eigenvalue weighted by atomic mass is 10.1. The molecule has 0 spiro atoms. The molecular weight excluding hydrogens is 318 g/mol. The molecule has 0 radical (unpaired) electrons. The molecule has 2 N–H and O–H groups in total. The minimum atomic E-state index is 0.174. The van der Waals surface area contributed by atoms with Crippen LogP contribution in [0.25, 0.3) is 0 Å². The number of hydrogen-bond acceptors (Lipinski definition) is 5. The van der Waals surface area contributed by atoms with Crippen LogP contribution < -0.4 is 5.73 Å². The van der Waals surface area contributed by atoms with Gasteiger partial charge in [0.25, 0.3) is 0 Å². The van der Waals surface area contributed by atoms with Crippen molar-refractivity contribution in [1.82, 2.24) is 10.2 Å². The molecule has 2 rings (SSSR count). The van der Waals surface area contributed by atoms with Crippen molar-refractivity contribution in [1.29, 1.82) is 0 Å². The van der Waals surface area contributed by atoms with Crippen molar-refractivity contribution in [3.05, 3.63) is 33.7 Å². The first kappa shape index (κ1) is 13.0. The Kier molecular flexibility index (Phi) is 4.55. The van der Waals surface area contributed by atoms with Gasteiger partial charge in [-0.2, -0.15) is 0 Å². The second-order valence-corrected chi connectivity index (χ2v) is 6.75. The molecule has 0 aliphatic heterocycles. The van der Waals surface area contributed by atoms with E-state index < -0.39 is 0 Å². The Labute approximate surface area is 117 Å². The van der Waals surface area contributed by atoms with Gasteiger partial charge in [0.2, 0.25) is 0 Å². The first-order valence-corrected chi connectivity index (χ1v) is 7.62. The largest absolute Gasteiger partial charge is 0.328 e. The summed E-state index contributed by atoms with van der Waals surface area (Å²) in [5.74, 6) is 0. The van der Waals surface area contributed by atoms with Gasteiger partial charge in [-0.15, -0.1) is 10.2 Å². The zero-order valence-corrected chi connectivity index (χ0v) is 12.5. The standard InChI is InChI=1S/C11H12BrN3S2/c1-7(13)4-8-2-3-9(5-10(8)12)17-11-15-14-6-16-11/h2-3,5-7H,4,13H2,1H3. The van der Waals surface area contributed by atoms with E-state index in [4.69, 9.17) is 5.73 Å². The fourth-order valence-electron chi connectivity index (χ4n) is 1.41. The van der Waals surface area contributed by atoms with Crippen LogP contribution >= 0.6 is 39.0 Å². The van der Waals surface area contributed by atoms with Gasteiger partial charge in [0.15, 0.2) is 4.34 Å². The molecule has 2 aromatic rings. The van der Waals surface area contributed by atoms with Gasteiger partial charge in [0.05, 0.1) is 0 Å². The van der Waals surface area contributed by atoms with E-state index in [9.17, 15) is 0 Å². The molecule has 0 bridgehead atoms. The molecule has 0 aliphatic rings. The van der Waals surface area contributed by atoms with Crippen LogP contribution in [-0.2, 0) is 6.42 Å². The summed E-state index contributed by atoms with van der Waals surface area (Å²) >= 11 is 6.74. The van der Waals surface area contributed by atoms with E-state index in [2.05, 4.69) is 44.3 Å². The van der Waals surface area contributed by atoms with Crippen LogP contribution in [-0.4, -0.2) is 16.2 Å². The molecule has 90 valence electrons. The zero-order valence-electron chi connectivity index (χ0n) is 9.26. The van der Waals surface area contributed by atoms with Crippen molar-refractivity contribution in [3.63, 3.8) is 0 Å². The molecule has 1 aromatic carbocycles. The number of rotatable bonds is 4. The normalized spacial score (nSPS) is 12.6. The Morgan fingerprint density at radius 2 is 2.35 bits per heavy atom. The van der Waals surface area contributed by atoms with Crippen molar-refractivity contribution >= 4 is 39.0 Å². The van der Waals surface area contributed by atoms with Crippen molar-refractivity contribution < 1.29 is 0 Å². The molecule has 1 aromatic heterocycles. The number of hydrogen-bond donors (Lipinski definition) is 1. The average Bonchev–Trinajstić information content (AvgIpc) is 2.74. The van der Waals surface area contributed by atoms with E-state index in [1.165, 1.54) is 5.56 Å². The number of nitrogens with two attached hydrogens (primary N) is 1. The van der Waals surface area contributed by atoms with Crippen LogP contribution in [0.1, 0.15) is 12.5 Å². The van der Waals surface area contributed by atoms with Crippen molar-refractivity contribution in [2.45, 2.75) is 28.6 Å². The molecule has 17 heavy (non-hydrogen) atoms. The van der Waals surface area contributed by atoms with Crippen LogP contribution in [0.3, 0.4) is 0 Å². The van der Waals surface area contributed by atoms with Gasteiger partial charge in [0, 0.05) is 15.4 Å². The Bertz CT molecular complexity index is 485. The van der Waals surface area contributed by atoms with E-state index in [0.717, 1.165) is 20.1 Å². The molecule has 1 unspecified atom stereocenters. The topological polar surface area (TPSA) is 51.8 Å². The van der Waals surface area contributed by atoms with Crippen LogP contribution in [0.4, 0.5) is 0 Å². The smallest absolute Gasteiger partial charge is 0.178 e. The summed E-state index contributed by atoms with van der Waals surface area (Å²) < 4.78 is 2.06. The number of aromatic nitrogens is 2. The highest BCUT2D eigenvalue weighted by Gasteiger charge is 2.06. The highest BCUT2D eigenvalue weighted by atomic mass is 79.9. The minimum absolute atomic E-state index is 0.174. The number of halogens is 1. The van der Waals surface area contributed by atoms with Gasteiger partial charge in [-0.1, -0.05) is 45.1 Å². The van der Waals surface area contributed by atoms with Gasteiger partial charge < -0.3 is 5.73 Å². The molecule has 0 saturated carbocycles. The van der Waals surface area contributed by atoms with Gasteiger partial charge >= 0.3 is 0 Å². The third-order valence-corrected chi connectivity index (χ3v) is 4.62. The van der Waals surface area contributed by atoms with Crippen LogP contribution in [0, 0.1) is 0 Å². The summed E-state index contributed by atoms with van der Waals surface area (Å²) in [5.41, 5.74) is 8.77. The second kappa shape index (κ2) is 5.95. The lowest BCUT2D eigenvalue weighted by Crippen LogP contribution is -2.17. The quantitative estimate of drug-likeness (QED) is 0.934. The molecule has 6 heteroatoms. The summed E-state index contributed by atoms with van der Waals surface area (Å²) in [7, 11) is 0. The highest BCUT2D eigenvalue weighted by molar-refractivity contribution is 9.10. The number of benzene rings is 1. The van der Waals surface area contributed by atoms with Gasteiger partial charge in [-0.3, -0.25) is 0 Å². The SMILES string of the molecule is CC(N)Cc1ccc(Sc2nncs2)cc1Br. The van der Waals surface area contributed by atoms with Crippen LogP contribution in [0.2, 0.25) is 0 Å². The molecule has 1 atom stereocenters. The Morgan fingerprint density at radius 1 is 1.53 bits per heavy atom. The lowest BCUT2D eigenvalue weighted by molar-refractivity contribution is 0.735. The molecule has 0 saturated heterocycles. The molecular formula is C11H12BrN3S2. The Morgan fingerprint density at radius 3 is 2.94 bits per heavy atom. The summed E-state index contributed by atoms with van der Waals surface area (Å²) in [4.78, 5) is 1.15. The predicted molar refractivity (Wildman–Crippen MR) is 75.5 cm³/mol. The van der Waals surface area contributed by atoms with Gasteiger partial charge in [-0.05, 0) is 31.0 Å². The predicted octanol–water partition coefficient (Wildman–Crippen LogP) is 3.34. The lowest BCUT2D eigenvalue weighted by Gasteiger charge is -2.08. The van der Waals surface area contributed by atoms with E-state index in [-0.39, 0.29) is 6.04 Å². The van der Waals surface area contributed by atoms with Gasteiger partial charge in [-0.25, -0.2) is 0 Å². The highest BCUT2D eigenvalue weighted by Crippen LogP contribution is 2.31. The molecule has 3 nitrogen and oxygen atoms in total. The minimum Gasteiger partial charge on any atom is -0.328 e. The van der Waals surface area contributed by atoms with Crippen molar-refractivity contribution in [2.24, 2.45) is 5.73 Å². The molecule has 1 heterocycles. The maximum Gasteiger partial charge on any atom is 0.178 e. The third kappa shape index (κ3) is 3.77. The number of nitrogens with zero attached hydrogens (tertiary/aromatic N) is 2. The average molecular weight is 330 g/mol. The first-order valence-electron chi connectivity index (χ1n) is 5.13. The second-order valence-electron chi connectivity index (χ2n) is 3.74. The molecule has 0 aliphatic carbocycles. The zero-order chi connectivity index (χ0) is 12.3. The monoisotopic (exact) mass is 329 g/mol. The van der Waals surface area contributed by atoms with Gasteiger partial charge in [0.1, 0.15) is 5.51 Å². The van der Waals surface area contributed by atoms with Crippen LogP contribution in [0.15, 0.2) is 37.4 Å². The fourth-order valence-corrected chi connectivity index (χ4v) is 3.60. The van der Waals surface area contributed by atoms with Crippen molar-refractivity contribution in [3.8, 4) is 0 Å². The maximum atomic E-state index is 5.80. The fraction of sp³-hybridized carbons (Fsp3) is 0.273. The Balaban J connectivity index is 2.13. The summed E-state index contributed by atoms with van der Waals surface area (Å²) in [6.07, 6.45) is 0.879. The first-order chi connectivity index (χ1) is 8.15. The maximum absolute atomic E-state index is 5.80.